The Morgan fingerprint density at radius 1 is 0.975 bits per heavy atom. The number of aromatic nitrogens is 2. The van der Waals surface area contributed by atoms with Crippen LogP contribution in [0.3, 0.4) is 0 Å². The van der Waals surface area contributed by atoms with Gasteiger partial charge in [-0.05, 0) is 73.2 Å². The summed E-state index contributed by atoms with van der Waals surface area (Å²) in [7, 11) is 0.674. The number of anilines is 2. The van der Waals surface area contributed by atoms with Crippen LogP contribution in [0.1, 0.15) is 40.1 Å². The number of para-hydroxylation sites is 1. The largest absolute Gasteiger partial charge is 0.378 e. The number of hydrogen-bond acceptors (Lipinski definition) is 6. The zero-order chi connectivity index (χ0) is 28.6. The van der Waals surface area contributed by atoms with Gasteiger partial charge in [0.15, 0.2) is 0 Å². The van der Waals surface area contributed by atoms with Crippen LogP contribution < -0.4 is 15.8 Å². The second kappa shape index (κ2) is 11.3. The molecule has 1 amide bonds. The fraction of sp³-hybridized carbons (Fsp3) is 0.323. The SMILES string of the molecule is Cc1ccc(C(=O)N2CCN(c3cc4c([C@@H](C)Nc5ccccc5S(C)=O)cc(C)cc4c(=O)n3C)CC2)nc1. The van der Waals surface area contributed by atoms with Crippen LogP contribution in [0, 0.1) is 13.8 Å². The van der Waals surface area contributed by atoms with Crippen LogP contribution >= 0.6 is 0 Å². The van der Waals surface area contributed by atoms with Gasteiger partial charge in [0.2, 0.25) is 0 Å². The maximum atomic E-state index is 13.6. The van der Waals surface area contributed by atoms with Crippen molar-refractivity contribution in [2.24, 2.45) is 7.05 Å². The second-order valence-electron chi connectivity index (χ2n) is 10.5. The van der Waals surface area contributed by atoms with Gasteiger partial charge in [-0.1, -0.05) is 24.3 Å². The first-order valence-corrected chi connectivity index (χ1v) is 15.0. The highest BCUT2D eigenvalue weighted by molar-refractivity contribution is 7.84. The molecule has 2 aromatic carbocycles. The predicted molar refractivity (Wildman–Crippen MR) is 162 cm³/mol. The van der Waals surface area contributed by atoms with E-state index in [1.165, 1.54) is 0 Å². The van der Waals surface area contributed by atoms with Crippen LogP contribution in [0.25, 0.3) is 10.8 Å². The molecule has 4 aromatic rings. The summed E-state index contributed by atoms with van der Waals surface area (Å²) in [5.41, 5.74) is 4.24. The molecular formula is C31H35N5O3S. The van der Waals surface area contributed by atoms with Crippen molar-refractivity contribution in [3.05, 3.63) is 93.5 Å². The molecule has 208 valence electrons. The van der Waals surface area contributed by atoms with Crippen LogP contribution in [0.15, 0.2) is 70.5 Å². The third-order valence-corrected chi connectivity index (χ3v) is 8.54. The van der Waals surface area contributed by atoms with E-state index in [0.29, 0.717) is 37.3 Å². The Morgan fingerprint density at radius 3 is 2.38 bits per heavy atom. The molecule has 3 heterocycles. The molecule has 1 fully saturated rings. The van der Waals surface area contributed by atoms with E-state index in [0.717, 1.165) is 38.5 Å². The van der Waals surface area contributed by atoms with Gasteiger partial charge in [-0.3, -0.25) is 23.3 Å². The van der Waals surface area contributed by atoms with Crippen LogP contribution in [0.4, 0.5) is 11.5 Å². The average molecular weight is 558 g/mol. The topological polar surface area (TPSA) is 87.5 Å². The Bertz CT molecular complexity index is 1660. The number of nitrogens with one attached hydrogen (secondary N) is 1. The molecule has 1 aliphatic rings. The molecule has 5 rings (SSSR count). The van der Waals surface area contributed by atoms with Gasteiger partial charge in [-0.15, -0.1) is 0 Å². The summed E-state index contributed by atoms with van der Waals surface area (Å²) in [6, 6.07) is 17.3. The normalized spacial score (nSPS) is 15.2. The number of carbonyl (C=O) groups is 1. The molecular weight excluding hydrogens is 522 g/mol. The van der Waals surface area contributed by atoms with Crippen LogP contribution in [0.2, 0.25) is 0 Å². The summed E-state index contributed by atoms with van der Waals surface area (Å²) in [6.45, 7) is 8.32. The molecule has 1 N–H and O–H groups in total. The Morgan fingerprint density at radius 2 is 1.70 bits per heavy atom. The Hall–Kier alpha value is -3.98. The lowest BCUT2D eigenvalue weighted by Gasteiger charge is -2.36. The highest BCUT2D eigenvalue weighted by atomic mass is 32.2. The van der Waals surface area contributed by atoms with E-state index in [1.54, 1.807) is 30.1 Å². The standard InChI is InChI=1S/C31H35N5O3S/c1-20-10-11-27(32-19-20)31(38)36-14-12-35(13-15-36)29-18-24-23(16-21(2)17-25(24)30(37)34(29)4)22(3)33-26-8-6-7-9-28(26)40(5)39/h6-11,16-19,22,33H,12-15H2,1-5H3/t22-,40?/m1/s1. The fourth-order valence-electron chi connectivity index (χ4n) is 5.38. The first-order chi connectivity index (χ1) is 19.1. The minimum Gasteiger partial charge on any atom is -0.378 e. The molecule has 1 aliphatic heterocycles. The fourth-order valence-corrected chi connectivity index (χ4v) is 6.09. The zero-order valence-electron chi connectivity index (χ0n) is 23.6. The minimum absolute atomic E-state index is 0.0536. The lowest BCUT2D eigenvalue weighted by atomic mass is 9.97. The highest BCUT2D eigenvalue weighted by Gasteiger charge is 2.25. The Balaban J connectivity index is 1.45. The van der Waals surface area contributed by atoms with E-state index in [9.17, 15) is 13.8 Å². The molecule has 0 spiro atoms. The van der Waals surface area contributed by atoms with Crippen molar-refractivity contribution in [3.63, 3.8) is 0 Å². The third kappa shape index (κ3) is 5.38. The molecule has 40 heavy (non-hydrogen) atoms. The summed E-state index contributed by atoms with van der Waals surface area (Å²) in [6.07, 6.45) is 3.39. The summed E-state index contributed by atoms with van der Waals surface area (Å²) in [4.78, 5) is 35.6. The maximum Gasteiger partial charge on any atom is 0.272 e. The zero-order valence-corrected chi connectivity index (χ0v) is 24.4. The number of pyridine rings is 2. The van der Waals surface area contributed by atoms with Gasteiger partial charge in [0, 0.05) is 57.1 Å². The summed E-state index contributed by atoms with van der Waals surface area (Å²) >= 11 is 0. The van der Waals surface area contributed by atoms with Gasteiger partial charge < -0.3 is 15.1 Å². The average Bonchev–Trinajstić information content (AvgIpc) is 2.95. The lowest BCUT2D eigenvalue weighted by molar-refractivity contribution is 0.0740. The number of aryl methyl sites for hydroxylation is 2. The van der Waals surface area contributed by atoms with Gasteiger partial charge in [0.05, 0.1) is 21.4 Å². The quantitative estimate of drug-likeness (QED) is 0.378. The van der Waals surface area contributed by atoms with Crippen molar-refractivity contribution in [1.82, 2.24) is 14.5 Å². The van der Waals surface area contributed by atoms with E-state index in [1.807, 2.05) is 55.1 Å². The number of amides is 1. The Kier molecular flexibility index (Phi) is 7.76. The van der Waals surface area contributed by atoms with Crippen molar-refractivity contribution in [3.8, 4) is 0 Å². The van der Waals surface area contributed by atoms with Gasteiger partial charge in [-0.25, -0.2) is 0 Å². The van der Waals surface area contributed by atoms with E-state index in [4.69, 9.17) is 0 Å². The molecule has 0 saturated carbocycles. The molecule has 0 radical (unpaired) electrons. The number of hydrogen-bond donors (Lipinski definition) is 1. The molecule has 0 aliphatic carbocycles. The summed E-state index contributed by atoms with van der Waals surface area (Å²) in [5.74, 6) is 0.753. The molecule has 1 saturated heterocycles. The monoisotopic (exact) mass is 557 g/mol. The van der Waals surface area contributed by atoms with Crippen LogP contribution in [-0.4, -0.2) is 57.0 Å². The highest BCUT2D eigenvalue weighted by Crippen LogP contribution is 2.31. The number of carbonyl (C=O) groups excluding carboxylic acids is 1. The van der Waals surface area contributed by atoms with Gasteiger partial charge in [-0.2, -0.15) is 0 Å². The lowest BCUT2D eigenvalue weighted by Crippen LogP contribution is -2.50. The van der Waals surface area contributed by atoms with Crippen molar-refractivity contribution in [1.29, 1.82) is 0 Å². The van der Waals surface area contributed by atoms with E-state index in [2.05, 4.69) is 34.3 Å². The van der Waals surface area contributed by atoms with E-state index >= 15 is 0 Å². The number of nitrogens with zero attached hydrogens (tertiary/aromatic N) is 4. The van der Waals surface area contributed by atoms with Gasteiger partial charge in [0.25, 0.3) is 11.5 Å². The number of fused-ring (bicyclic) bond motifs is 1. The van der Waals surface area contributed by atoms with Crippen LogP contribution in [0.5, 0.6) is 0 Å². The molecule has 2 atom stereocenters. The Labute approximate surface area is 237 Å². The van der Waals surface area contributed by atoms with Gasteiger partial charge >= 0.3 is 0 Å². The van der Waals surface area contributed by atoms with Crippen molar-refractivity contribution < 1.29 is 9.00 Å². The number of benzene rings is 2. The molecule has 2 aromatic heterocycles. The maximum absolute atomic E-state index is 13.6. The third-order valence-electron chi connectivity index (χ3n) is 7.57. The second-order valence-corrected chi connectivity index (χ2v) is 11.8. The van der Waals surface area contributed by atoms with Crippen molar-refractivity contribution in [2.75, 3.05) is 42.7 Å². The summed E-state index contributed by atoms with van der Waals surface area (Å²) in [5, 5.41) is 5.09. The predicted octanol–water partition coefficient (Wildman–Crippen LogP) is 4.42. The minimum atomic E-state index is -1.13. The van der Waals surface area contributed by atoms with Crippen LogP contribution in [-0.2, 0) is 17.8 Å². The van der Waals surface area contributed by atoms with E-state index in [-0.39, 0.29) is 17.5 Å². The van der Waals surface area contributed by atoms with Crippen molar-refractivity contribution >= 4 is 39.0 Å². The molecule has 9 heteroatoms. The molecule has 0 bridgehead atoms. The summed E-state index contributed by atoms with van der Waals surface area (Å²) < 4.78 is 14.0. The number of piperazine rings is 1. The van der Waals surface area contributed by atoms with Crippen molar-refractivity contribution in [2.45, 2.75) is 31.7 Å². The first kappa shape index (κ1) is 27.6. The molecule has 1 unspecified atom stereocenters. The van der Waals surface area contributed by atoms with Gasteiger partial charge in [0.1, 0.15) is 11.5 Å². The molecule has 8 nitrogen and oxygen atoms in total. The van der Waals surface area contributed by atoms with E-state index < -0.39 is 10.8 Å². The first-order valence-electron chi connectivity index (χ1n) is 13.4. The number of rotatable bonds is 6. The smallest absolute Gasteiger partial charge is 0.272 e.